The van der Waals surface area contributed by atoms with E-state index >= 15 is 0 Å². The smallest absolute Gasteiger partial charge is 0.110 e. The molecule has 1 aliphatic rings. The highest BCUT2D eigenvalue weighted by molar-refractivity contribution is 4.87. The summed E-state index contributed by atoms with van der Waals surface area (Å²) in [6.07, 6.45) is 12.2. The topological polar surface area (TPSA) is 39.1 Å². The fourth-order valence-electron chi connectivity index (χ4n) is 2.26. The first-order valence-corrected chi connectivity index (χ1v) is 7.05. The average molecular weight is 263 g/mol. The molecule has 1 aliphatic heterocycles. The largest absolute Gasteiger partial charge is 0.497 e. The van der Waals surface area contributed by atoms with Crippen LogP contribution < -0.4 is 5.32 Å². The molecule has 4 heteroatoms. The number of rotatable bonds is 5. The summed E-state index contributed by atoms with van der Waals surface area (Å²) in [4.78, 5) is 4.11. The van der Waals surface area contributed by atoms with Gasteiger partial charge in [-0.15, -0.1) is 0 Å². The number of aromatic nitrogens is 2. The molecule has 0 spiro atoms. The SMILES string of the molecule is CC(C)(C)C(Cn1ccnc1)NCC1CCC=CO1. The van der Waals surface area contributed by atoms with Crippen LogP contribution in [0, 0.1) is 5.41 Å². The molecule has 0 radical (unpaired) electrons. The van der Waals surface area contributed by atoms with Gasteiger partial charge in [-0.05, 0) is 24.3 Å². The highest BCUT2D eigenvalue weighted by Crippen LogP contribution is 2.21. The van der Waals surface area contributed by atoms with Crippen molar-refractivity contribution in [1.82, 2.24) is 14.9 Å². The minimum absolute atomic E-state index is 0.203. The maximum atomic E-state index is 5.61. The number of hydrogen-bond donors (Lipinski definition) is 1. The lowest BCUT2D eigenvalue weighted by atomic mass is 9.86. The molecule has 2 rings (SSSR count). The van der Waals surface area contributed by atoms with Crippen LogP contribution >= 0.6 is 0 Å². The van der Waals surface area contributed by atoms with E-state index < -0.39 is 0 Å². The van der Waals surface area contributed by atoms with Gasteiger partial charge in [-0.1, -0.05) is 20.8 Å². The van der Waals surface area contributed by atoms with E-state index in [-0.39, 0.29) is 5.41 Å². The normalized spacial score (nSPS) is 21.1. The van der Waals surface area contributed by atoms with Crippen molar-refractivity contribution in [2.24, 2.45) is 5.41 Å². The van der Waals surface area contributed by atoms with Crippen LogP contribution in [0.4, 0.5) is 0 Å². The maximum absolute atomic E-state index is 5.61. The molecular weight excluding hydrogens is 238 g/mol. The third-order valence-electron chi connectivity index (χ3n) is 3.61. The van der Waals surface area contributed by atoms with E-state index in [9.17, 15) is 0 Å². The summed E-state index contributed by atoms with van der Waals surface area (Å²) in [6, 6.07) is 0.399. The van der Waals surface area contributed by atoms with Crippen LogP contribution in [0.1, 0.15) is 33.6 Å². The zero-order valence-electron chi connectivity index (χ0n) is 12.2. The highest BCUT2D eigenvalue weighted by atomic mass is 16.5. The third kappa shape index (κ3) is 4.39. The van der Waals surface area contributed by atoms with E-state index in [2.05, 4.69) is 41.7 Å². The number of ether oxygens (including phenoxy) is 1. The van der Waals surface area contributed by atoms with Crippen molar-refractivity contribution in [2.45, 2.75) is 52.3 Å². The van der Waals surface area contributed by atoms with E-state index in [1.54, 1.807) is 0 Å². The molecule has 2 unspecified atom stereocenters. The molecule has 0 aromatic carbocycles. The van der Waals surface area contributed by atoms with Gasteiger partial charge in [-0.3, -0.25) is 0 Å². The molecule has 0 amide bonds. The van der Waals surface area contributed by atoms with E-state index in [0.717, 1.165) is 25.9 Å². The summed E-state index contributed by atoms with van der Waals surface area (Å²) in [5.74, 6) is 0. The van der Waals surface area contributed by atoms with Crippen molar-refractivity contribution in [3.05, 3.63) is 31.1 Å². The van der Waals surface area contributed by atoms with Crippen molar-refractivity contribution in [1.29, 1.82) is 0 Å². The third-order valence-corrected chi connectivity index (χ3v) is 3.61. The molecule has 4 nitrogen and oxygen atoms in total. The summed E-state index contributed by atoms with van der Waals surface area (Å²) in [5.41, 5.74) is 0.203. The molecule has 0 bridgehead atoms. The molecule has 0 fully saturated rings. The van der Waals surface area contributed by atoms with E-state index in [0.29, 0.717) is 12.1 Å². The van der Waals surface area contributed by atoms with Gasteiger partial charge >= 0.3 is 0 Å². The Morgan fingerprint density at radius 3 is 2.89 bits per heavy atom. The minimum Gasteiger partial charge on any atom is -0.497 e. The minimum atomic E-state index is 0.203. The van der Waals surface area contributed by atoms with Gasteiger partial charge in [-0.2, -0.15) is 0 Å². The van der Waals surface area contributed by atoms with Gasteiger partial charge in [0, 0.05) is 31.5 Å². The molecule has 106 valence electrons. The lowest BCUT2D eigenvalue weighted by Crippen LogP contribution is -2.46. The zero-order valence-corrected chi connectivity index (χ0v) is 12.2. The van der Waals surface area contributed by atoms with Gasteiger partial charge in [0.1, 0.15) is 6.10 Å². The van der Waals surface area contributed by atoms with Crippen LogP contribution in [0.2, 0.25) is 0 Å². The van der Waals surface area contributed by atoms with Gasteiger partial charge in [0.05, 0.1) is 12.6 Å². The first-order chi connectivity index (χ1) is 9.05. The lowest BCUT2D eigenvalue weighted by Gasteiger charge is -2.33. The Kier molecular flexibility index (Phi) is 4.64. The van der Waals surface area contributed by atoms with Crippen molar-refractivity contribution in [3.8, 4) is 0 Å². The molecule has 2 heterocycles. The van der Waals surface area contributed by atoms with Gasteiger partial charge in [0.15, 0.2) is 0 Å². The second kappa shape index (κ2) is 6.24. The molecule has 0 saturated carbocycles. The van der Waals surface area contributed by atoms with Crippen LogP contribution in [0.15, 0.2) is 31.1 Å². The van der Waals surface area contributed by atoms with Crippen LogP contribution in [-0.4, -0.2) is 28.2 Å². The number of nitrogens with zero attached hydrogens (tertiary/aromatic N) is 2. The van der Waals surface area contributed by atoms with Crippen LogP contribution in [0.5, 0.6) is 0 Å². The van der Waals surface area contributed by atoms with Gasteiger partial charge in [-0.25, -0.2) is 4.98 Å². The summed E-state index contributed by atoms with van der Waals surface area (Å²) in [7, 11) is 0. The van der Waals surface area contributed by atoms with Crippen molar-refractivity contribution in [3.63, 3.8) is 0 Å². The summed E-state index contributed by atoms with van der Waals surface area (Å²) >= 11 is 0. The predicted molar refractivity (Wildman–Crippen MR) is 76.7 cm³/mol. The molecule has 0 saturated heterocycles. The lowest BCUT2D eigenvalue weighted by molar-refractivity contribution is 0.109. The molecule has 19 heavy (non-hydrogen) atoms. The molecule has 1 N–H and O–H groups in total. The Hall–Kier alpha value is -1.29. The number of hydrogen-bond acceptors (Lipinski definition) is 3. The van der Waals surface area contributed by atoms with Gasteiger partial charge < -0.3 is 14.6 Å². The summed E-state index contributed by atoms with van der Waals surface area (Å²) < 4.78 is 7.74. The molecule has 1 aromatic rings. The van der Waals surface area contributed by atoms with Gasteiger partial charge in [0.2, 0.25) is 0 Å². The molecular formula is C15H25N3O. The van der Waals surface area contributed by atoms with Crippen LogP contribution in [0.3, 0.4) is 0 Å². The van der Waals surface area contributed by atoms with Gasteiger partial charge in [0.25, 0.3) is 0 Å². The Balaban J connectivity index is 1.88. The number of nitrogens with one attached hydrogen (secondary N) is 1. The van der Waals surface area contributed by atoms with E-state index in [1.807, 2.05) is 25.0 Å². The first kappa shape index (κ1) is 14.1. The fraction of sp³-hybridized carbons (Fsp3) is 0.667. The van der Waals surface area contributed by atoms with Crippen LogP contribution in [0.25, 0.3) is 0 Å². The Morgan fingerprint density at radius 1 is 1.47 bits per heavy atom. The summed E-state index contributed by atoms with van der Waals surface area (Å²) in [5, 5.41) is 3.66. The second-order valence-electron chi connectivity index (χ2n) is 6.29. The number of imidazole rings is 1. The molecule has 0 aliphatic carbocycles. The number of allylic oxidation sites excluding steroid dienone is 1. The Bertz CT molecular complexity index is 392. The highest BCUT2D eigenvalue weighted by Gasteiger charge is 2.25. The Morgan fingerprint density at radius 2 is 2.32 bits per heavy atom. The fourth-order valence-corrected chi connectivity index (χ4v) is 2.26. The van der Waals surface area contributed by atoms with Crippen LogP contribution in [-0.2, 0) is 11.3 Å². The monoisotopic (exact) mass is 263 g/mol. The maximum Gasteiger partial charge on any atom is 0.110 e. The first-order valence-electron chi connectivity index (χ1n) is 7.05. The van der Waals surface area contributed by atoms with Crippen molar-refractivity contribution >= 4 is 0 Å². The second-order valence-corrected chi connectivity index (χ2v) is 6.29. The zero-order chi connectivity index (χ0) is 13.7. The standard InChI is InChI=1S/C15H25N3O/c1-15(2,3)14(11-18-8-7-16-12-18)17-10-13-6-4-5-9-19-13/h5,7-9,12-14,17H,4,6,10-11H2,1-3H3. The van der Waals surface area contributed by atoms with Crippen molar-refractivity contribution < 1.29 is 4.74 Å². The van der Waals surface area contributed by atoms with E-state index in [1.165, 1.54) is 0 Å². The molecule has 1 aromatic heterocycles. The quantitative estimate of drug-likeness (QED) is 0.887. The van der Waals surface area contributed by atoms with Crippen molar-refractivity contribution in [2.75, 3.05) is 6.54 Å². The molecule has 2 atom stereocenters. The predicted octanol–water partition coefficient (Wildman–Crippen LogP) is 2.58. The average Bonchev–Trinajstić information content (AvgIpc) is 2.87. The summed E-state index contributed by atoms with van der Waals surface area (Å²) in [6.45, 7) is 8.64. The Labute approximate surface area is 115 Å². The van der Waals surface area contributed by atoms with E-state index in [4.69, 9.17) is 4.74 Å².